The molecule has 2 rings (SSSR count). The molecule has 0 aliphatic heterocycles. The molecule has 1 saturated carbocycles. The highest BCUT2D eigenvalue weighted by molar-refractivity contribution is 7.89. The van der Waals surface area contributed by atoms with Gasteiger partial charge in [-0.2, -0.15) is 5.26 Å². The molecular weight excluding hydrogens is 256 g/mol. The lowest BCUT2D eigenvalue weighted by Gasteiger charge is -2.13. The highest BCUT2D eigenvalue weighted by atomic mass is 32.2. The van der Waals surface area contributed by atoms with E-state index >= 15 is 0 Å². The maximum absolute atomic E-state index is 12.0. The van der Waals surface area contributed by atoms with Crippen molar-refractivity contribution in [2.75, 3.05) is 6.54 Å². The van der Waals surface area contributed by atoms with Gasteiger partial charge in [-0.15, -0.1) is 11.3 Å². The van der Waals surface area contributed by atoms with Gasteiger partial charge < -0.3 is 0 Å². The van der Waals surface area contributed by atoms with Gasteiger partial charge >= 0.3 is 0 Å². The summed E-state index contributed by atoms with van der Waals surface area (Å²) in [6.07, 6.45) is 3.16. The number of rotatable bonds is 5. The van der Waals surface area contributed by atoms with Crippen LogP contribution in [0.5, 0.6) is 0 Å². The first-order chi connectivity index (χ1) is 8.03. The van der Waals surface area contributed by atoms with Crippen LogP contribution in [0.15, 0.2) is 16.3 Å². The zero-order valence-corrected chi connectivity index (χ0v) is 11.2. The molecule has 4 nitrogen and oxygen atoms in total. The minimum absolute atomic E-state index is 0.108. The lowest BCUT2D eigenvalue weighted by Crippen LogP contribution is -2.30. The van der Waals surface area contributed by atoms with Gasteiger partial charge in [0.15, 0.2) is 0 Å². The van der Waals surface area contributed by atoms with Gasteiger partial charge in [0.2, 0.25) is 10.0 Å². The first-order valence-corrected chi connectivity index (χ1v) is 7.86. The monoisotopic (exact) mass is 270 g/mol. The molecule has 17 heavy (non-hydrogen) atoms. The smallest absolute Gasteiger partial charge is 0.211 e. The van der Waals surface area contributed by atoms with Gasteiger partial charge in [-0.1, -0.05) is 6.92 Å². The molecule has 1 heterocycles. The Hall–Kier alpha value is -0.900. The van der Waals surface area contributed by atoms with Gasteiger partial charge in [-0.05, 0) is 36.1 Å². The van der Waals surface area contributed by atoms with Crippen molar-refractivity contribution in [3.63, 3.8) is 0 Å². The summed E-state index contributed by atoms with van der Waals surface area (Å²) < 4.78 is 26.6. The van der Waals surface area contributed by atoms with Crippen molar-refractivity contribution in [2.24, 2.45) is 5.41 Å². The summed E-state index contributed by atoms with van der Waals surface area (Å²) in [5.74, 6) is 0. The summed E-state index contributed by atoms with van der Waals surface area (Å²) in [7, 11) is -3.53. The van der Waals surface area contributed by atoms with Gasteiger partial charge in [0.1, 0.15) is 15.8 Å². The fourth-order valence-corrected chi connectivity index (χ4v) is 4.07. The van der Waals surface area contributed by atoms with Crippen LogP contribution in [0.25, 0.3) is 0 Å². The maximum Gasteiger partial charge on any atom is 0.242 e. The Morgan fingerprint density at radius 2 is 2.29 bits per heavy atom. The minimum Gasteiger partial charge on any atom is -0.211 e. The molecule has 0 radical (unpaired) electrons. The van der Waals surface area contributed by atoms with Crippen LogP contribution in [0, 0.1) is 16.7 Å². The Kier molecular flexibility index (Phi) is 3.25. The summed E-state index contributed by atoms with van der Waals surface area (Å²) in [4.78, 5) is 0.357. The van der Waals surface area contributed by atoms with Crippen molar-refractivity contribution in [2.45, 2.75) is 31.1 Å². The first kappa shape index (κ1) is 12.6. The molecule has 92 valence electrons. The van der Waals surface area contributed by atoms with Crippen molar-refractivity contribution >= 4 is 21.4 Å². The van der Waals surface area contributed by atoms with Crippen LogP contribution in [-0.4, -0.2) is 15.0 Å². The molecule has 6 heteroatoms. The molecule has 1 fully saturated rings. The molecule has 0 saturated heterocycles. The first-order valence-electron chi connectivity index (χ1n) is 5.50. The molecule has 1 aromatic rings. The van der Waals surface area contributed by atoms with E-state index in [-0.39, 0.29) is 15.2 Å². The van der Waals surface area contributed by atoms with Crippen LogP contribution in [0.1, 0.15) is 31.1 Å². The van der Waals surface area contributed by atoms with Gasteiger partial charge in [-0.3, -0.25) is 0 Å². The van der Waals surface area contributed by atoms with Crippen molar-refractivity contribution in [1.82, 2.24) is 4.72 Å². The minimum atomic E-state index is -3.53. The van der Waals surface area contributed by atoms with E-state index in [9.17, 15) is 8.42 Å². The van der Waals surface area contributed by atoms with E-state index < -0.39 is 10.0 Å². The lowest BCUT2D eigenvalue weighted by atomic mass is 10.1. The fourth-order valence-electron chi connectivity index (χ4n) is 1.75. The number of sulfonamides is 1. The number of nitrogens with one attached hydrogen (secondary N) is 1. The summed E-state index contributed by atoms with van der Waals surface area (Å²) >= 11 is 1.15. The molecule has 1 aliphatic carbocycles. The Balaban J connectivity index is 2.12. The topological polar surface area (TPSA) is 70.0 Å². The summed E-state index contributed by atoms with van der Waals surface area (Å²) in [6.45, 7) is 2.55. The van der Waals surface area contributed by atoms with E-state index in [2.05, 4.69) is 11.6 Å². The molecular formula is C11H14N2O2S2. The third-order valence-corrected chi connectivity index (χ3v) is 5.76. The van der Waals surface area contributed by atoms with E-state index in [1.807, 2.05) is 6.07 Å². The molecule has 1 aliphatic rings. The van der Waals surface area contributed by atoms with E-state index in [4.69, 9.17) is 5.26 Å². The van der Waals surface area contributed by atoms with Crippen LogP contribution < -0.4 is 4.72 Å². The molecule has 1 N–H and O–H groups in total. The normalized spacial score (nSPS) is 17.6. The molecule has 0 bridgehead atoms. The number of nitriles is 1. The Morgan fingerprint density at radius 1 is 1.59 bits per heavy atom. The van der Waals surface area contributed by atoms with Gasteiger partial charge in [0.05, 0.1) is 0 Å². The largest absolute Gasteiger partial charge is 0.242 e. The second-order valence-electron chi connectivity index (χ2n) is 4.40. The average molecular weight is 270 g/mol. The van der Waals surface area contributed by atoms with E-state index in [1.165, 1.54) is 6.07 Å². The zero-order valence-electron chi connectivity index (χ0n) is 9.56. The molecule has 0 atom stereocenters. The highest BCUT2D eigenvalue weighted by Crippen LogP contribution is 2.48. The quantitative estimate of drug-likeness (QED) is 0.890. The third-order valence-electron chi connectivity index (χ3n) is 3.36. The van der Waals surface area contributed by atoms with Gasteiger partial charge in [-0.25, -0.2) is 13.1 Å². The fraction of sp³-hybridized carbons (Fsp3) is 0.545. The molecule has 0 spiro atoms. The predicted octanol–water partition coefficient (Wildman–Crippen LogP) is 2.09. The van der Waals surface area contributed by atoms with Crippen LogP contribution in [0.2, 0.25) is 0 Å². The van der Waals surface area contributed by atoms with Crippen LogP contribution in [0.3, 0.4) is 0 Å². The zero-order chi connectivity index (χ0) is 12.5. The van der Waals surface area contributed by atoms with Crippen molar-refractivity contribution in [1.29, 1.82) is 5.26 Å². The number of thiophene rings is 1. The van der Waals surface area contributed by atoms with Crippen molar-refractivity contribution in [3.8, 4) is 6.07 Å². The molecule has 0 unspecified atom stereocenters. The molecule has 1 aromatic heterocycles. The summed E-state index contributed by atoms with van der Waals surface area (Å²) in [5, 5.41) is 10.5. The third kappa shape index (κ3) is 2.51. The van der Waals surface area contributed by atoms with E-state index in [0.29, 0.717) is 6.54 Å². The number of hydrogen-bond donors (Lipinski definition) is 1. The van der Waals surface area contributed by atoms with Gasteiger partial charge in [0.25, 0.3) is 0 Å². The number of hydrogen-bond acceptors (Lipinski definition) is 4. The standard InChI is InChI=1S/C11H14N2O2S2/c1-2-11(4-5-11)8-13-17(14,15)10-3-6-16-9(10)7-12/h3,6,13H,2,4-5,8H2,1H3. The lowest BCUT2D eigenvalue weighted by molar-refractivity contribution is 0.475. The maximum atomic E-state index is 12.0. The van der Waals surface area contributed by atoms with E-state index in [1.54, 1.807) is 5.38 Å². The SMILES string of the molecule is CCC1(CNS(=O)(=O)c2ccsc2C#N)CC1. The van der Waals surface area contributed by atoms with Crippen LogP contribution in [-0.2, 0) is 10.0 Å². The second-order valence-corrected chi connectivity index (χ2v) is 7.06. The average Bonchev–Trinajstić information content (AvgIpc) is 2.93. The Labute approximate surface area is 105 Å². The summed E-state index contributed by atoms with van der Waals surface area (Å²) in [5.41, 5.74) is 0.163. The van der Waals surface area contributed by atoms with Crippen LogP contribution in [0.4, 0.5) is 0 Å². The second kappa shape index (κ2) is 4.41. The highest BCUT2D eigenvalue weighted by Gasteiger charge is 2.41. The van der Waals surface area contributed by atoms with Crippen molar-refractivity contribution < 1.29 is 8.42 Å². The Bertz CT molecular complexity index is 550. The summed E-state index contributed by atoms with van der Waals surface area (Å²) in [6, 6.07) is 3.39. The van der Waals surface area contributed by atoms with Crippen LogP contribution >= 0.6 is 11.3 Å². The molecule has 0 amide bonds. The molecule has 0 aromatic carbocycles. The predicted molar refractivity (Wildman–Crippen MR) is 66.2 cm³/mol. The van der Waals surface area contributed by atoms with Gasteiger partial charge in [0, 0.05) is 6.54 Å². The van der Waals surface area contributed by atoms with Crippen molar-refractivity contribution in [3.05, 3.63) is 16.3 Å². The number of nitrogens with zero attached hydrogens (tertiary/aromatic N) is 1. The van der Waals surface area contributed by atoms with E-state index in [0.717, 1.165) is 30.6 Å². The Morgan fingerprint density at radius 3 is 2.82 bits per heavy atom.